The van der Waals surface area contributed by atoms with Crippen molar-refractivity contribution in [2.24, 2.45) is 0 Å². The molecule has 1 fully saturated rings. The van der Waals surface area contributed by atoms with Gasteiger partial charge in [0.2, 0.25) is 5.91 Å². The molecule has 64 valence electrons. The molecule has 1 amide bonds. The van der Waals surface area contributed by atoms with Crippen molar-refractivity contribution in [3.8, 4) is 0 Å². The molecular formula is C7H10N4O. The van der Waals surface area contributed by atoms with Gasteiger partial charge in [-0.1, -0.05) is 0 Å². The minimum absolute atomic E-state index is 0.0228. The standard InChI is InChI=1S/C7H10N4O/c1-4-7(12)10-6(9-4)5-2-3-8-11-5/h2-4,6,9H,1H3,(H,8,11)(H,10,12). The molecule has 12 heavy (non-hydrogen) atoms. The zero-order chi connectivity index (χ0) is 8.55. The summed E-state index contributed by atoms with van der Waals surface area (Å²) in [4.78, 5) is 11.1. The van der Waals surface area contributed by atoms with E-state index in [2.05, 4.69) is 20.8 Å². The SMILES string of the molecule is CC1NC(c2ccn[nH]2)NC1=O. The maximum absolute atomic E-state index is 11.1. The van der Waals surface area contributed by atoms with E-state index in [0.717, 1.165) is 5.69 Å². The lowest BCUT2D eigenvalue weighted by atomic mass is 10.3. The van der Waals surface area contributed by atoms with Crippen LogP contribution in [-0.4, -0.2) is 22.1 Å². The van der Waals surface area contributed by atoms with Gasteiger partial charge in [-0.25, -0.2) is 0 Å². The Hall–Kier alpha value is -1.36. The van der Waals surface area contributed by atoms with E-state index in [9.17, 15) is 4.79 Å². The highest BCUT2D eigenvalue weighted by Gasteiger charge is 2.28. The number of carbonyl (C=O) groups is 1. The molecule has 0 spiro atoms. The van der Waals surface area contributed by atoms with E-state index in [4.69, 9.17) is 0 Å². The fourth-order valence-electron chi connectivity index (χ4n) is 1.23. The van der Waals surface area contributed by atoms with Crippen molar-refractivity contribution >= 4 is 5.91 Å². The summed E-state index contributed by atoms with van der Waals surface area (Å²) >= 11 is 0. The summed E-state index contributed by atoms with van der Waals surface area (Å²) in [6.45, 7) is 1.83. The number of H-pyrrole nitrogens is 1. The first kappa shape index (κ1) is 7.30. The Labute approximate surface area is 69.5 Å². The fourth-order valence-corrected chi connectivity index (χ4v) is 1.23. The first-order chi connectivity index (χ1) is 5.77. The van der Waals surface area contributed by atoms with Crippen LogP contribution in [0.1, 0.15) is 18.8 Å². The molecule has 2 unspecified atom stereocenters. The highest BCUT2D eigenvalue weighted by Crippen LogP contribution is 2.11. The van der Waals surface area contributed by atoms with Gasteiger partial charge in [0.15, 0.2) is 0 Å². The van der Waals surface area contributed by atoms with Gasteiger partial charge in [0.05, 0.1) is 11.7 Å². The second-order valence-corrected chi connectivity index (χ2v) is 2.84. The Kier molecular flexibility index (Phi) is 1.58. The van der Waals surface area contributed by atoms with E-state index >= 15 is 0 Å². The summed E-state index contributed by atoms with van der Waals surface area (Å²) in [5.74, 6) is 0.0228. The third-order valence-electron chi connectivity index (χ3n) is 1.93. The monoisotopic (exact) mass is 166 g/mol. The summed E-state index contributed by atoms with van der Waals surface area (Å²) in [5, 5.41) is 12.5. The number of carbonyl (C=O) groups excluding carboxylic acids is 1. The molecule has 0 saturated carbocycles. The number of aromatic nitrogens is 2. The third-order valence-corrected chi connectivity index (χ3v) is 1.93. The minimum atomic E-state index is -0.127. The van der Waals surface area contributed by atoms with Crippen molar-refractivity contribution in [3.05, 3.63) is 18.0 Å². The molecule has 5 heteroatoms. The highest BCUT2D eigenvalue weighted by molar-refractivity contribution is 5.83. The predicted molar refractivity (Wildman–Crippen MR) is 42.1 cm³/mol. The number of hydrogen-bond acceptors (Lipinski definition) is 3. The molecular weight excluding hydrogens is 156 g/mol. The molecule has 0 aromatic carbocycles. The van der Waals surface area contributed by atoms with Crippen molar-refractivity contribution in [1.29, 1.82) is 0 Å². The fraction of sp³-hybridized carbons (Fsp3) is 0.429. The molecule has 0 radical (unpaired) electrons. The Morgan fingerprint density at radius 3 is 2.92 bits per heavy atom. The summed E-state index contributed by atoms with van der Waals surface area (Å²) in [7, 11) is 0. The smallest absolute Gasteiger partial charge is 0.238 e. The topological polar surface area (TPSA) is 69.8 Å². The maximum atomic E-state index is 11.1. The molecule has 1 aliphatic rings. The largest absolute Gasteiger partial charge is 0.334 e. The highest BCUT2D eigenvalue weighted by atomic mass is 16.2. The van der Waals surface area contributed by atoms with Crippen LogP contribution in [0.15, 0.2) is 12.3 Å². The Balaban J connectivity index is 2.14. The lowest BCUT2D eigenvalue weighted by Gasteiger charge is -2.06. The van der Waals surface area contributed by atoms with Crippen LogP contribution in [0.5, 0.6) is 0 Å². The quantitative estimate of drug-likeness (QED) is 0.527. The molecule has 1 aromatic rings. The van der Waals surface area contributed by atoms with E-state index in [0.29, 0.717) is 0 Å². The van der Waals surface area contributed by atoms with E-state index in [1.807, 2.05) is 13.0 Å². The number of aromatic amines is 1. The average Bonchev–Trinajstić information content (AvgIpc) is 2.61. The lowest BCUT2D eigenvalue weighted by Crippen LogP contribution is -2.24. The Morgan fingerprint density at radius 1 is 1.58 bits per heavy atom. The summed E-state index contributed by atoms with van der Waals surface area (Å²) in [5.41, 5.74) is 0.882. The van der Waals surface area contributed by atoms with Crippen LogP contribution in [0, 0.1) is 0 Å². The van der Waals surface area contributed by atoms with E-state index in [1.165, 1.54) is 0 Å². The molecule has 2 atom stereocenters. The minimum Gasteiger partial charge on any atom is -0.334 e. The molecule has 0 bridgehead atoms. The van der Waals surface area contributed by atoms with Crippen LogP contribution in [0.25, 0.3) is 0 Å². The molecule has 0 aliphatic carbocycles. The van der Waals surface area contributed by atoms with Crippen molar-refractivity contribution in [3.63, 3.8) is 0 Å². The second kappa shape index (κ2) is 2.60. The van der Waals surface area contributed by atoms with Crippen LogP contribution in [0.2, 0.25) is 0 Å². The first-order valence-electron chi connectivity index (χ1n) is 3.83. The van der Waals surface area contributed by atoms with Gasteiger partial charge in [0, 0.05) is 6.20 Å². The zero-order valence-electron chi connectivity index (χ0n) is 6.66. The summed E-state index contributed by atoms with van der Waals surface area (Å²) < 4.78 is 0. The van der Waals surface area contributed by atoms with Crippen LogP contribution in [0.3, 0.4) is 0 Å². The molecule has 1 aliphatic heterocycles. The van der Waals surface area contributed by atoms with Crippen molar-refractivity contribution < 1.29 is 4.79 Å². The maximum Gasteiger partial charge on any atom is 0.238 e. The van der Waals surface area contributed by atoms with Crippen LogP contribution in [-0.2, 0) is 4.79 Å². The van der Waals surface area contributed by atoms with Gasteiger partial charge in [0.25, 0.3) is 0 Å². The number of nitrogens with zero attached hydrogens (tertiary/aromatic N) is 1. The van der Waals surface area contributed by atoms with E-state index in [1.54, 1.807) is 6.20 Å². The van der Waals surface area contributed by atoms with Gasteiger partial charge in [-0.05, 0) is 13.0 Å². The number of amides is 1. The summed E-state index contributed by atoms with van der Waals surface area (Å²) in [6, 6.07) is 1.70. The van der Waals surface area contributed by atoms with Gasteiger partial charge >= 0.3 is 0 Å². The van der Waals surface area contributed by atoms with Gasteiger partial charge in [-0.15, -0.1) is 0 Å². The Morgan fingerprint density at radius 2 is 2.42 bits per heavy atom. The summed E-state index contributed by atoms with van der Waals surface area (Å²) in [6.07, 6.45) is 1.54. The van der Waals surface area contributed by atoms with Crippen molar-refractivity contribution in [1.82, 2.24) is 20.8 Å². The van der Waals surface area contributed by atoms with E-state index < -0.39 is 0 Å². The van der Waals surface area contributed by atoms with Crippen molar-refractivity contribution in [2.75, 3.05) is 0 Å². The lowest BCUT2D eigenvalue weighted by molar-refractivity contribution is -0.120. The average molecular weight is 166 g/mol. The number of hydrogen-bond donors (Lipinski definition) is 3. The first-order valence-corrected chi connectivity index (χ1v) is 3.83. The van der Waals surface area contributed by atoms with Crippen LogP contribution in [0.4, 0.5) is 0 Å². The molecule has 2 rings (SSSR count). The molecule has 3 N–H and O–H groups in total. The second-order valence-electron chi connectivity index (χ2n) is 2.84. The van der Waals surface area contributed by atoms with Gasteiger partial charge in [-0.2, -0.15) is 5.10 Å². The third kappa shape index (κ3) is 1.08. The molecule has 1 aromatic heterocycles. The number of nitrogens with one attached hydrogen (secondary N) is 3. The van der Waals surface area contributed by atoms with Crippen molar-refractivity contribution in [2.45, 2.75) is 19.1 Å². The molecule has 2 heterocycles. The number of rotatable bonds is 1. The van der Waals surface area contributed by atoms with Gasteiger partial charge in [0.1, 0.15) is 6.17 Å². The zero-order valence-corrected chi connectivity index (χ0v) is 6.66. The van der Waals surface area contributed by atoms with Crippen LogP contribution >= 0.6 is 0 Å². The normalized spacial score (nSPS) is 28.9. The van der Waals surface area contributed by atoms with E-state index in [-0.39, 0.29) is 18.1 Å². The molecule has 5 nitrogen and oxygen atoms in total. The molecule has 1 saturated heterocycles. The predicted octanol–water partition coefficient (Wildman–Crippen LogP) is -0.484. The van der Waals surface area contributed by atoms with Gasteiger partial charge in [-0.3, -0.25) is 15.2 Å². The van der Waals surface area contributed by atoms with Gasteiger partial charge < -0.3 is 5.32 Å². The van der Waals surface area contributed by atoms with Crippen LogP contribution < -0.4 is 10.6 Å². The Bertz CT molecular complexity index is 282.